The topological polar surface area (TPSA) is 42.2 Å². The third-order valence-electron chi connectivity index (χ3n) is 2.97. The average molecular weight is 283 g/mol. The van der Waals surface area contributed by atoms with Gasteiger partial charge in [-0.2, -0.15) is 13.2 Å². The van der Waals surface area contributed by atoms with Crippen molar-refractivity contribution in [1.29, 1.82) is 0 Å². The van der Waals surface area contributed by atoms with Crippen molar-refractivity contribution < 1.29 is 18.3 Å². The molecule has 0 fully saturated rings. The maximum absolute atomic E-state index is 12.9. The lowest BCUT2D eigenvalue weighted by atomic mass is 10.1. The van der Waals surface area contributed by atoms with E-state index in [1.165, 1.54) is 28.8 Å². The quantitative estimate of drug-likeness (QED) is 0.920. The Balaban J connectivity index is 2.49. The molecule has 1 N–H and O–H groups in total. The molecule has 106 valence electrons. The average Bonchev–Trinajstić information content (AvgIpc) is 2.33. The van der Waals surface area contributed by atoms with Crippen LogP contribution in [0.5, 0.6) is 5.75 Å². The summed E-state index contributed by atoms with van der Waals surface area (Å²) in [6.45, 7) is 1.36. The first kappa shape index (κ1) is 14.2. The normalized spacial score (nSPS) is 11.6. The molecule has 20 heavy (non-hydrogen) atoms. The number of rotatable bonds is 2. The molecule has 6 heteroatoms. The van der Waals surface area contributed by atoms with E-state index in [0.717, 1.165) is 12.1 Å². The SMILES string of the molecule is Cc1cc(O)cc(=O)n1Cc1ccccc1C(F)(F)F. The highest BCUT2D eigenvalue weighted by atomic mass is 19.4. The molecule has 2 aromatic rings. The van der Waals surface area contributed by atoms with Crippen molar-refractivity contribution in [2.75, 3.05) is 0 Å². The zero-order valence-corrected chi connectivity index (χ0v) is 10.6. The van der Waals surface area contributed by atoms with Crippen LogP contribution in [0.4, 0.5) is 13.2 Å². The number of nitrogens with zero attached hydrogens (tertiary/aromatic N) is 1. The minimum Gasteiger partial charge on any atom is -0.508 e. The first-order chi connectivity index (χ1) is 9.29. The van der Waals surface area contributed by atoms with E-state index in [9.17, 15) is 23.1 Å². The molecule has 2 rings (SSSR count). The Hall–Kier alpha value is -2.24. The van der Waals surface area contributed by atoms with Crippen LogP contribution in [-0.4, -0.2) is 9.67 Å². The molecule has 1 aromatic heterocycles. The molecular formula is C14H12F3NO2. The monoisotopic (exact) mass is 283 g/mol. The van der Waals surface area contributed by atoms with E-state index >= 15 is 0 Å². The maximum atomic E-state index is 12.9. The molecule has 0 unspecified atom stereocenters. The standard InChI is InChI=1S/C14H12F3NO2/c1-9-6-11(19)7-13(20)18(9)8-10-4-2-3-5-12(10)14(15,16)17/h2-7,19H,8H2,1H3. The van der Waals surface area contributed by atoms with Gasteiger partial charge in [-0.25, -0.2) is 0 Å². The minimum absolute atomic E-state index is 0.0101. The Bertz CT molecular complexity index is 690. The Morgan fingerprint density at radius 1 is 1.20 bits per heavy atom. The Kier molecular flexibility index (Phi) is 3.57. The summed E-state index contributed by atoms with van der Waals surface area (Å²) in [6.07, 6.45) is -4.47. The fraction of sp³-hybridized carbons (Fsp3) is 0.214. The summed E-state index contributed by atoms with van der Waals surface area (Å²) in [5.74, 6) is -0.201. The van der Waals surface area contributed by atoms with Gasteiger partial charge in [0.05, 0.1) is 12.1 Å². The molecule has 0 aliphatic heterocycles. The first-order valence-corrected chi connectivity index (χ1v) is 5.84. The zero-order chi connectivity index (χ0) is 14.9. The molecule has 0 bridgehead atoms. The molecule has 0 saturated carbocycles. The number of aromatic nitrogens is 1. The van der Waals surface area contributed by atoms with Crippen LogP contribution in [0.15, 0.2) is 41.2 Å². The highest BCUT2D eigenvalue weighted by molar-refractivity contribution is 5.31. The zero-order valence-electron chi connectivity index (χ0n) is 10.6. The number of aromatic hydroxyl groups is 1. The van der Waals surface area contributed by atoms with E-state index in [1.807, 2.05) is 0 Å². The third-order valence-corrected chi connectivity index (χ3v) is 2.97. The number of benzene rings is 1. The molecular weight excluding hydrogens is 271 g/mol. The van der Waals surface area contributed by atoms with Crippen molar-refractivity contribution in [3.8, 4) is 5.75 Å². The van der Waals surface area contributed by atoms with Crippen molar-refractivity contribution in [2.45, 2.75) is 19.6 Å². The van der Waals surface area contributed by atoms with Crippen LogP contribution in [0.3, 0.4) is 0 Å². The van der Waals surface area contributed by atoms with E-state index in [4.69, 9.17) is 0 Å². The van der Waals surface area contributed by atoms with E-state index in [1.54, 1.807) is 6.92 Å². The predicted octanol–water partition coefficient (Wildman–Crippen LogP) is 2.93. The van der Waals surface area contributed by atoms with Gasteiger partial charge in [-0.05, 0) is 24.6 Å². The molecule has 1 heterocycles. The lowest BCUT2D eigenvalue weighted by molar-refractivity contribution is -0.138. The van der Waals surface area contributed by atoms with Crippen molar-refractivity contribution >= 4 is 0 Å². The molecule has 0 atom stereocenters. The van der Waals surface area contributed by atoms with Gasteiger partial charge >= 0.3 is 6.18 Å². The Morgan fingerprint density at radius 2 is 1.85 bits per heavy atom. The maximum Gasteiger partial charge on any atom is 0.416 e. The van der Waals surface area contributed by atoms with Crippen LogP contribution in [-0.2, 0) is 12.7 Å². The number of hydrogen-bond donors (Lipinski definition) is 1. The summed E-state index contributed by atoms with van der Waals surface area (Å²) < 4.78 is 39.9. The third kappa shape index (κ3) is 2.84. The van der Waals surface area contributed by atoms with Crippen LogP contribution >= 0.6 is 0 Å². The van der Waals surface area contributed by atoms with Gasteiger partial charge in [-0.15, -0.1) is 0 Å². The highest BCUT2D eigenvalue weighted by Gasteiger charge is 2.32. The summed E-state index contributed by atoms with van der Waals surface area (Å²) in [5, 5.41) is 9.27. The van der Waals surface area contributed by atoms with Gasteiger partial charge in [0.15, 0.2) is 0 Å². The van der Waals surface area contributed by atoms with Gasteiger partial charge in [0.1, 0.15) is 5.75 Å². The van der Waals surface area contributed by atoms with Crippen molar-refractivity contribution in [1.82, 2.24) is 4.57 Å². The summed E-state index contributed by atoms with van der Waals surface area (Å²) >= 11 is 0. The minimum atomic E-state index is -4.47. The molecule has 0 radical (unpaired) electrons. The fourth-order valence-electron chi connectivity index (χ4n) is 2.02. The van der Waals surface area contributed by atoms with Crippen molar-refractivity contribution in [3.05, 3.63) is 63.6 Å². The van der Waals surface area contributed by atoms with Gasteiger partial charge in [-0.3, -0.25) is 4.79 Å². The van der Waals surface area contributed by atoms with Crippen molar-refractivity contribution in [2.24, 2.45) is 0 Å². The van der Waals surface area contributed by atoms with Crippen LogP contribution in [0.25, 0.3) is 0 Å². The van der Waals surface area contributed by atoms with E-state index < -0.39 is 17.3 Å². The van der Waals surface area contributed by atoms with Crippen molar-refractivity contribution in [3.63, 3.8) is 0 Å². The van der Waals surface area contributed by atoms with Gasteiger partial charge in [0, 0.05) is 11.8 Å². The lowest BCUT2D eigenvalue weighted by Crippen LogP contribution is -2.23. The molecule has 1 aromatic carbocycles. The lowest BCUT2D eigenvalue weighted by Gasteiger charge is -2.15. The molecule has 0 aliphatic rings. The molecule has 0 saturated heterocycles. The molecule has 3 nitrogen and oxygen atoms in total. The second kappa shape index (κ2) is 5.03. The summed E-state index contributed by atoms with van der Waals surface area (Å²) in [7, 11) is 0. The largest absolute Gasteiger partial charge is 0.508 e. The second-order valence-electron chi connectivity index (χ2n) is 4.43. The van der Waals surface area contributed by atoms with Crippen LogP contribution in [0, 0.1) is 6.92 Å². The van der Waals surface area contributed by atoms with Gasteiger partial charge in [0.25, 0.3) is 5.56 Å². The van der Waals surface area contributed by atoms with Crippen LogP contribution in [0.1, 0.15) is 16.8 Å². The van der Waals surface area contributed by atoms with E-state index in [2.05, 4.69) is 0 Å². The fourth-order valence-corrected chi connectivity index (χ4v) is 2.02. The first-order valence-electron chi connectivity index (χ1n) is 5.84. The van der Waals surface area contributed by atoms with Crippen LogP contribution < -0.4 is 5.56 Å². The number of hydrogen-bond acceptors (Lipinski definition) is 2. The van der Waals surface area contributed by atoms with Gasteiger partial charge in [-0.1, -0.05) is 18.2 Å². The summed E-state index contributed by atoms with van der Waals surface area (Å²) in [5.41, 5.74) is -0.901. The molecule has 0 amide bonds. The summed E-state index contributed by atoms with van der Waals surface area (Å²) in [4.78, 5) is 11.7. The molecule has 0 spiro atoms. The highest BCUT2D eigenvalue weighted by Crippen LogP contribution is 2.32. The van der Waals surface area contributed by atoms with E-state index in [0.29, 0.717) is 5.69 Å². The van der Waals surface area contributed by atoms with E-state index in [-0.39, 0.29) is 17.9 Å². The number of pyridine rings is 1. The Labute approximate surface area is 112 Å². The van der Waals surface area contributed by atoms with Gasteiger partial charge < -0.3 is 9.67 Å². The smallest absolute Gasteiger partial charge is 0.416 e. The van der Waals surface area contributed by atoms with Gasteiger partial charge in [0.2, 0.25) is 0 Å². The second-order valence-corrected chi connectivity index (χ2v) is 4.43. The predicted molar refractivity (Wildman–Crippen MR) is 67.6 cm³/mol. The number of alkyl halides is 3. The van der Waals surface area contributed by atoms with Crippen LogP contribution in [0.2, 0.25) is 0 Å². The Morgan fingerprint density at radius 3 is 2.45 bits per heavy atom. The number of aryl methyl sites for hydroxylation is 1. The number of halogens is 3. The summed E-state index contributed by atoms with van der Waals surface area (Å²) in [6, 6.07) is 7.42. The molecule has 0 aliphatic carbocycles.